The van der Waals surface area contributed by atoms with Crippen LogP contribution in [0.3, 0.4) is 0 Å². The van der Waals surface area contributed by atoms with Gasteiger partial charge in [-0.1, -0.05) is 96.8 Å². The van der Waals surface area contributed by atoms with Crippen LogP contribution in [0.25, 0.3) is 0 Å². The molecule has 0 spiro atoms. The number of nitrogens with zero attached hydrogens (tertiary/aromatic N) is 1. The van der Waals surface area contributed by atoms with Gasteiger partial charge in [0.2, 0.25) is 0 Å². The Morgan fingerprint density at radius 3 is 1.15 bits per heavy atom. The predicted molar refractivity (Wildman–Crippen MR) is 117 cm³/mol. The van der Waals surface area contributed by atoms with E-state index in [1.807, 2.05) is 0 Å². The molecule has 3 heteroatoms. The Kier molecular flexibility index (Phi) is 24.5. The first kappa shape index (κ1) is 28.9. The van der Waals surface area contributed by atoms with Gasteiger partial charge < -0.3 is 21.5 Å². The summed E-state index contributed by atoms with van der Waals surface area (Å²) in [4.78, 5) is 0. The lowest BCUT2D eigenvalue weighted by atomic mass is 10.0. The monoisotopic (exact) mass is 453 g/mol. The second-order valence-corrected chi connectivity index (χ2v) is 9.11. The van der Waals surface area contributed by atoms with Crippen molar-refractivity contribution >= 4 is 11.6 Å². The van der Waals surface area contributed by atoms with Gasteiger partial charge >= 0.3 is 0 Å². The average Bonchev–Trinajstić information content (AvgIpc) is 2.59. The van der Waals surface area contributed by atoms with E-state index >= 15 is 0 Å². The second kappa shape index (κ2) is 22.0. The molecule has 0 bridgehead atoms. The molecule has 0 aromatic rings. The lowest BCUT2D eigenvalue weighted by molar-refractivity contribution is -0.890. The van der Waals surface area contributed by atoms with E-state index in [0.717, 1.165) is 16.8 Å². The van der Waals surface area contributed by atoms with Crippen LogP contribution in [0.1, 0.15) is 116 Å². The standard InChI is InChI=1S/C23H49ClN.BrH/c1-4-5-6-7-8-9-10-11-12-13-14-15-16-17-18-19-22-25(2,3)23-20-21-24;/h4-23H2,1-3H3;1H/q+1;/p-1. The number of rotatable bonds is 20. The van der Waals surface area contributed by atoms with Gasteiger partial charge in [-0.05, 0) is 12.8 Å². The molecule has 0 aliphatic rings. The summed E-state index contributed by atoms with van der Waals surface area (Å²) in [7, 11) is 4.69. The molecule has 0 amide bonds. The van der Waals surface area contributed by atoms with E-state index in [4.69, 9.17) is 11.6 Å². The first-order valence-corrected chi connectivity index (χ1v) is 12.0. The highest BCUT2D eigenvalue weighted by atomic mass is 79.9. The van der Waals surface area contributed by atoms with Crippen LogP contribution in [0.5, 0.6) is 0 Å². The molecule has 0 aliphatic heterocycles. The predicted octanol–water partition coefficient (Wildman–Crippen LogP) is 4.96. The fourth-order valence-corrected chi connectivity index (χ4v) is 3.81. The molecule has 0 aliphatic carbocycles. The van der Waals surface area contributed by atoms with Crippen molar-refractivity contribution in [2.24, 2.45) is 0 Å². The zero-order chi connectivity index (χ0) is 18.6. The minimum Gasteiger partial charge on any atom is -1.00 e. The number of unbranched alkanes of at least 4 members (excludes halogenated alkanes) is 15. The highest BCUT2D eigenvalue weighted by Crippen LogP contribution is 2.14. The molecule has 160 valence electrons. The number of hydrogen-bond acceptors (Lipinski definition) is 0. The quantitative estimate of drug-likeness (QED) is 0.139. The van der Waals surface area contributed by atoms with E-state index in [1.165, 1.54) is 116 Å². The van der Waals surface area contributed by atoms with Crippen LogP contribution in [0.2, 0.25) is 0 Å². The number of halogens is 2. The topological polar surface area (TPSA) is 0 Å². The molecule has 0 aromatic carbocycles. The van der Waals surface area contributed by atoms with Crippen LogP contribution in [-0.2, 0) is 0 Å². The molecule has 26 heavy (non-hydrogen) atoms. The van der Waals surface area contributed by atoms with Gasteiger partial charge in [0.25, 0.3) is 0 Å². The van der Waals surface area contributed by atoms with Gasteiger partial charge in [0.1, 0.15) is 0 Å². The third kappa shape index (κ3) is 22.8. The third-order valence-corrected chi connectivity index (χ3v) is 5.78. The van der Waals surface area contributed by atoms with Gasteiger partial charge in [-0.3, -0.25) is 0 Å². The average molecular weight is 455 g/mol. The number of alkyl halides is 1. The maximum atomic E-state index is 5.80. The van der Waals surface area contributed by atoms with Crippen molar-refractivity contribution < 1.29 is 21.5 Å². The van der Waals surface area contributed by atoms with Gasteiger partial charge in [0.05, 0.1) is 27.2 Å². The number of quaternary nitrogens is 1. The molecular weight excluding hydrogens is 406 g/mol. The molecule has 0 radical (unpaired) electrons. The zero-order valence-electron chi connectivity index (χ0n) is 18.3. The Morgan fingerprint density at radius 2 is 0.808 bits per heavy atom. The van der Waals surface area contributed by atoms with E-state index < -0.39 is 0 Å². The van der Waals surface area contributed by atoms with Gasteiger partial charge in [0, 0.05) is 12.3 Å². The molecule has 0 fully saturated rings. The van der Waals surface area contributed by atoms with E-state index in [0.29, 0.717) is 0 Å². The van der Waals surface area contributed by atoms with Crippen molar-refractivity contribution in [1.29, 1.82) is 0 Å². The van der Waals surface area contributed by atoms with Crippen LogP contribution in [0.4, 0.5) is 0 Å². The smallest absolute Gasteiger partial charge is 0.0794 e. The van der Waals surface area contributed by atoms with Crippen molar-refractivity contribution in [3.63, 3.8) is 0 Å². The van der Waals surface area contributed by atoms with Crippen molar-refractivity contribution in [1.82, 2.24) is 0 Å². The molecule has 0 N–H and O–H groups in total. The molecular formula is C23H49BrClN. The molecule has 0 saturated heterocycles. The van der Waals surface area contributed by atoms with Crippen LogP contribution in [0.15, 0.2) is 0 Å². The Balaban J connectivity index is 0. The Hall–Kier alpha value is 0.730. The maximum Gasteiger partial charge on any atom is 0.0794 e. The summed E-state index contributed by atoms with van der Waals surface area (Å²) in [5, 5.41) is 0. The summed E-state index contributed by atoms with van der Waals surface area (Å²) < 4.78 is 1.14. The van der Waals surface area contributed by atoms with Crippen molar-refractivity contribution in [3.8, 4) is 0 Å². The van der Waals surface area contributed by atoms with Crippen LogP contribution < -0.4 is 17.0 Å². The summed E-state index contributed by atoms with van der Waals surface area (Å²) in [5.41, 5.74) is 0. The normalized spacial score (nSPS) is 11.5. The largest absolute Gasteiger partial charge is 1.00 e. The summed E-state index contributed by atoms with van der Waals surface area (Å²) in [6, 6.07) is 0. The molecule has 0 rings (SSSR count). The van der Waals surface area contributed by atoms with E-state index in [1.54, 1.807) is 0 Å². The highest BCUT2D eigenvalue weighted by Gasteiger charge is 2.12. The van der Waals surface area contributed by atoms with Crippen molar-refractivity contribution in [2.75, 3.05) is 33.1 Å². The van der Waals surface area contributed by atoms with Crippen LogP contribution in [-0.4, -0.2) is 37.5 Å². The van der Waals surface area contributed by atoms with Gasteiger partial charge in [-0.2, -0.15) is 0 Å². The summed E-state index contributed by atoms with van der Waals surface area (Å²) >= 11 is 5.80. The first-order chi connectivity index (χ1) is 12.1. The fraction of sp³-hybridized carbons (Fsp3) is 1.00. The minimum absolute atomic E-state index is 0. The van der Waals surface area contributed by atoms with E-state index in [-0.39, 0.29) is 17.0 Å². The molecule has 1 nitrogen and oxygen atoms in total. The summed E-state index contributed by atoms with van der Waals surface area (Å²) in [6.45, 7) is 4.84. The Morgan fingerprint density at radius 1 is 0.500 bits per heavy atom. The molecule has 0 unspecified atom stereocenters. The first-order valence-electron chi connectivity index (χ1n) is 11.5. The minimum atomic E-state index is 0. The van der Waals surface area contributed by atoms with Crippen LogP contribution >= 0.6 is 11.6 Å². The van der Waals surface area contributed by atoms with E-state index in [2.05, 4.69) is 21.0 Å². The lowest BCUT2D eigenvalue weighted by Crippen LogP contribution is -3.00. The van der Waals surface area contributed by atoms with Gasteiger partial charge in [-0.15, -0.1) is 11.6 Å². The van der Waals surface area contributed by atoms with Crippen molar-refractivity contribution in [2.45, 2.75) is 116 Å². The Bertz CT molecular complexity index is 259. The Labute approximate surface area is 182 Å². The third-order valence-electron chi connectivity index (χ3n) is 5.51. The summed E-state index contributed by atoms with van der Waals surface area (Å²) in [5.74, 6) is 0.806. The maximum absolute atomic E-state index is 5.80. The SMILES string of the molecule is CCCCCCCCCCCCCCCCCC[N+](C)(C)CCCCl.[Br-]. The van der Waals surface area contributed by atoms with Crippen LogP contribution in [0, 0.1) is 0 Å². The summed E-state index contributed by atoms with van der Waals surface area (Å²) in [6.07, 6.45) is 24.3. The van der Waals surface area contributed by atoms with E-state index in [9.17, 15) is 0 Å². The zero-order valence-corrected chi connectivity index (χ0v) is 20.7. The fourth-order valence-electron chi connectivity index (χ4n) is 3.69. The number of hydrogen-bond donors (Lipinski definition) is 0. The van der Waals surface area contributed by atoms with Crippen molar-refractivity contribution in [3.05, 3.63) is 0 Å². The molecule has 0 atom stereocenters. The molecule has 0 aromatic heterocycles. The van der Waals surface area contributed by atoms with Gasteiger partial charge in [0.15, 0.2) is 0 Å². The second-order valence-electron chi connectivity index (χ2n) is 8.73. The van der Waals surface area contributed by atoms with Gasteiger partial charge in [-0.25, -0.2) is 0 Å². The highest BCUT2D eigenvalue weighted by molar-refractivity contribution is 6.17. The molecule has 0 saturated carbocycles. The lowest BCUT2D eigenvalue weighted by Gasteiger charge is -2.29. The molecule has 0 heterocycles.